The van der Waals surface area contributed by atoms with Crippen LogP contribution in [0, 0.1) is 10.1 Å². The van der Waals surface area contributed by atoms with Crippen molar-refractivity contribution in [2.45, 2.75) is 0 Å². The van der Waals surface area contributed by atoms with Crippen LogP contribution in [0.2, 0.25) is 10.0 Å². The summed E-state index contributed by atoms with van der Waals surface area (Å²) in [6.07, 6.45) is 0. The third kappa shape index (κ3) is 3.42. The first-order chi connectivity index (χ1) is 9.88. The summed E-state index contributed by atoms with van der Waals surface area (Å²) >= 11 is 11.6. The fourth-order valence-corrected chi connectivity index (χ4v) is 1.98. The van der Waals surface area contributed by atoms with E-state index in [0.717, 1.165) is 0 Å². The predicted octanol–water partition coefficient (Wildman–Crippen LogP) is 3.74. The monoisotopic (exact) mass is 325 g/mol. The molecular weight excluding hydrogens is 317 g/mol. The van der Waals surface area contributed by atoms with Crippen LogP contribution in [0.25, 0.3) is 0 Å². The van der Waals surface area contributed by atoms with Crippen molar-refractivity contribution < 1.29 is 9.72 Å². The maximum atomic E-state index is 12.1. The minimum absolute atomic E-state index is 0.00504. The number of nitrogens with zero attached hydrogens (tertiary/aromatic N) is 1. The van der Waals surface area contributed by atoms with Gasteiger partial charge in [-0.15, -0.1) is 0 Å². The van der Waals surface area contributed by atoms with Crippen molar-refractivity contribution >= 4 is 46.2 Å². The average Bonchev–Trinajstić information content (AvgIpc) is 2.41. The highest BCUT2D eigenvalue weighted by Gasteiger charge is 2.17. The molecule has 0 radical (unpaired) electrons. The van der Waals surface area contributed by atoms with E-state index in [9.17, 15) is 14.9 Å². The molecule has 3 N–H and O–H groups in total. The molecule has 0 aliphatic rings. The minimum atomic E-state index is -0.609. The fourth-order valence-electron chi connectivity index (χ4n) is 1.63. The quantitative estimate of drug-likeness (QED) is 0.510. The summed E-state index contributed by atoms with van der Waals surface area (Å²) in [5.74, 6) is -0.553. The number of hydrogen-bond donors (Lipinski definition) is 2. The molecule has 0 spiro atoms. The van der Waals surface area contributed by atoms with E-state index < -0.39 is 10.8 Å². The van der Waals surface area contributed by atoms with Crippen molar-refractivity contribution in [2.24, 2.45) is 0 Å². The Balaban J connectivity index is 2.33. The molecule has 0 saturated heterocycles. The van der Waals surface area contributed by atoms with Crippen LogP contribution in [-0.4, -0.2) is 10.8 Å². The van der Waals surface area contributed by atoms with Gasteiger partial charge in [-0.05, 0) is 30.3 Å². The van der Waals surface area contributed by atoms with E-state index in [2.05, 4.69) is 5.32 Å². The second kappa shape index (κ2) is 5.99. The number of nitrogens with one attached hydrogen (secondary N) is 1. The molecule has 0 aliphatic carbocycles. The Labute approximate surface area is 129 Å². The van der Waals surface area contributed by atoms with Gasteiger partial charge < -0.3 is 11.1 Å². The fraction of sp³-hybridized carbons (Fsp3) is 0. The molecule has 6 nitrogen and oxygen atoms in total. The molecule has 0 aliphatic heterocycles. The van der Waals surface area contributed by atoms with Gasteiger partial charge in [0.25, 0.3) is 11.6 Å². The Kier molecular flexibility index (Phi) is 4.30. The number of nitrogens with two attached hydrogens (primary N) is 1. The number of rotatable bonds is 3. The van der Waals surface area contributed by atoms with Crippen molar-refractivity contribution in [1.82, 2.24) is 0 Å². The molecule has 0 aromatic heterocycles. The van der Waals surface area contributed by atoms with Gasteiger partial charge in [0.15, 0.2) is 0 Å². The van der Waals surface area contributed by atoms with Crippen LogP contribution in [0.3, 0.4) is 0 Å². The Morgan fingerprint density at radius 2 is 1.90 bits per heavy atom. The number of carbonyl (C=O) groups is 1. The molecule has 8 heteroatoms. The number of amides is 1. The number of nitro groups is 1. The lowest BCUT2D eigenvalue weighted by atomic mass is 10.2. The summed E-state index contributed by atoms with van der Waals surface area (Å²) in [7, 11) is 0. The van der Waals surface area contributed by atoms with Gasteiger partial charge in [0.2, 0.25) is 0 Å². The zero-order chi connectivity index (χ0) is 15.6. The van der Waals surface area contributed by atoms with Crippen molar-refractivity contribution in [3.8, 4) is 0 Å². The maximum absolute atomic E-state index is 12.1. The molecule has 0 fully saturated rings. The molecule has 2 rings (SSSR count). The second-order valence-electron chi connectivity index (χ2n) is 4.11. The largest absolute Gasteiger partial charge is 0.398 e. The highest BCUT2D eigenvalue weighted by Crippen LogP contribution is 2.28. The molecule has 2 aromatic carbocycles. The third-order valence-corrected chi connectivity index (χ3v) is 3.23. The first-order valence-corrected chi connectivity index (χ1v) is 6.44. The average molecular weight is 326 g/mol. The van der Waals surface area contributed by atoms with Crippen LogP contribution in [0.4, 0.5) is 17.1 Å². The Morgan fingerprint density at radius 3 is 2.52 bits per heavy atom. The number of benzene rings is 2. The van der Waals surface area contributed by atoms with Gasteiger partial charge in [0.1, 0.15) is 5.69 Å². The normalized spacial score (nSPS) is 10.2. The molecular formula is C13H9Cl2N3O3. The summed E-state index contributed by atoms with van der Waals surface area (Å²) in [6.45, 7) is 0. The first kappa shape index (κ1) is 15.1. The van der Waals surface area contributed by atoms with E-state index >= 15 is 0 Å². The van der Waals surface area contributed by atoms with E-state index in [-0.39, 0.29) is 27.0 Å². The van der Waals surface area contributed by atoms with Crippen LogP contribution in [0.5, 0.6) is 0 Å². The van der Waals surface area contributed by atoms with Gasteiger partial charge in [-0.2, -0.15) is 0 Å². The Bertz CT molecular complexity index is 735. The van der Waals surface area contributed by atoms with Crippen LogP contribution in [0.1, 0.15) is 10.4 Å². The number of carbonyl (C=O) groups excluding carboxylic acids is 1. The molecule has 108 valence electrons. The summed E-state index contributed by atoms with van der Waals surface area (Å²) in [6, 6.07) is 8.21. The van der Waals surface area contributed by atoms with Gasteiger partial charge in [-0.25, -0.2) is 0 Å². The number of hydrogen-bond acceptors (Lipinski definition) is 4. The van der Waals surface area contributed by atoms with Gasteiger partial charge in [-0.1, -0.05) is 23.2 Å². The molecule has 2 aromatic rings. The second-order valence-corrected chi connectivity index (χ2v) is 4.95. The van der Waals surface area contributed by atoms with Gasteiger partial charge >= 0.3 is 0 Å². The summed E-state index contributed by atoms with van der Waals surface area (Å²) in [5.41, 5.74) is 5.87. The smallest absolute Gasteiger partial charge is 0.292 e. The van der Waals surface area contributed by atoms with E-state index in [1.54, 1.807) is 0 Å². The van der Waals surface area contributed by atoms with E-state index in [1.165, 1.54) is 36.4 Å². The minimum Gasteiger partial charge on any atom is -0.398 e. The molecule has 1 amide bonds. The molecule has 0 bridgehead atoms. The van der Waals surface area contributed by atoms with Gasteiger partial charge in [0.05, 0.1) is 15.6 Å². The Hall–Kier alpha value is -2.31. The number of halogens is 2. The molecule has 0 unspecified atom stereocenters. The number of nitrogen functional groups attached to an aromatic ring is 1. The number of nitro benzene ring substituents is 1. The lowest BCUT2D eigenvalue weighted by molar-refractivity contribution is -0.383. The summed E-state index contributed by atoms with van der Waals surface area (Å²) in [5, 5.41) is 13.8. The van der Waals surface area contributed by atoms with Crippen molar-refractivity contribution in [1.29, 1.82) is 0 Å². The summed E-state index contributed by atoms with van der Waals surface area (Å²) < 4.78 is 0. The number of anilines is 2. The predicted molar refractivity (Wildman–Crippen MR) is 81.9 cm³/mol. The van der Waals surface area contributed by atoms with Crippen LogP contribution in [0.15, 0.2) is 36.4 Å². The van der Waals surface area contributed by atoms with Crippen molar-refractivity contribution in [3.05, 3.63) is 62.1 Å². The van der Waals surface area contributed by atoms with E-state index in [4.69, 9.17) is 28.9 Å². The molecule has 21 heavy (non-hydrogen) atoms. The maximum Gasteiger partial charge on any atom is 0.292 e. The summed E-state index contributed by atoms with van der Waals surface area (Å²) in [4.78, 5) is 22.4. The van der Waals surface area contributed by atoms with Crippen LogP contribution in [-0.2, 0) is 0 Å². The van der Waals surface area contributed by atoms with Crippen molar-refractivity contribution in [2.75, 3.05) is 11.1 Å². The molecule has 0 saturated carbocycles. The van der Waals surface area contributed by atoms with E-state index in [0.29, 0.717) is 5.69 Å². The van der Waals surface area contributed by atoms with Crippen molar-refractivity contribution in [3.63, 3.8) is 0 Å². The SMILES string of the molecule is Nc1ccc(C(=O)Nc2cc(Cl)ccc2[N+](=O)[O-])cc1Cl. The van der Waals surface area contributed by atoms with Crippen LogP contribution < -0.4 is 11.1 Å². The standard InChI is InChI=1S/C13H9Cl2N3O3/c14-8-2-4-12(18(20)21)11(6-8)17-13(19)7-1-3-10(16)9(15)5-7/h1-6H,16H2,(H,17,19). The van der Waals surface area contributed by atoms with E-state index in [1.807, 2.05) is 0 Å². The molecule has 0 atom stereocenters. The lowest BCUT2D eigenvalue weighted by Gasteiger charge is -2.07. The van der Waals surface area contributed by atoms with Gasteiger partial charge in [-0.3, -0.25) is 14.9 Å². The molecule has 0 heterocycles. The topological polar surface area (TPSA) is 98.3 Å². The highest BCUT2D eigenvalue weighted by molar-refractivity contribution is 6.33. The first-order valence-electron chi connectivity index (χ1n) is 5.69. The van der Waals surface area contributed by atoms with Gasteiger partial charge in [0, 0.05) is 16.7 Å². The van der Waals surface area contributed by atoms with Crippen LogP contribution >= 0.6 is 23.2 Å². The Morgan fingerprint density at radius 1 is 1.19 bits per heavy atom. The zero-order valence-electron chi connectivity index (χ0n) is 10.5. The zero-order valence-corrected chi connectivity index (χ0v) is 12.0. The third-order valence-electron chi connectivity index (χ3n) is 2.67. The lowest BCUT2D eigenvalue weighted by Crippen LogP contribution is -2.13. The highest BCUT2D eigenvalue weighted by atomic mass is 35.5.